The predicted octanol–water partition coefficient (Wildman–Crippen LogP) is 4.24. The Morgan fingerprint density at radius 1 is 1.17 bits per heavy atom. The van der Waals surface area contributed by atoms with Crippen LogP contribution in [0.4, 0.5) is 0 Å². The summed E-state index contributed by atoms with van der Waals surface area (Å²) in [6, 6.07) is 8.28. The summed E-state index contributed by atoms with van der Waals surface area (Å²) < 4.78 is 2.12. The molecule has 4 rings (SSSR count). The Bertz CT molecular complexity index is 852. The maximum absolute atomic E-state index is 4.57. The highest BCUT2D eigenvalue weighted by Gasteiger charge is 2.25. The van der Waals surface area contributed by atoms with Crippen LogP contribution in [0, 0.1) is 6.92 Å². The molecule has 2 aromatic heterocycles. The fraction of sp³-hybridized carbons (Fsp3) is 0.278. The zero-order chi connectivity index (χ0) is 15.8. The maximum atomic E-state index is 4.57. The Morgan fingerprint density at radius 2 is 2.04 bits per heavy atom. The van der Waals surface area contributed by atoms with Crippen LogP contribution >= 0.6 is 11.8 Å². The van der Waals surface area contributed by atoms with Gasteiger partial charge >= 0.3 is 0 Å². The van der Waals surface area contributed by atoms with Gasteiger partial charge < -0.3 is 4.57 Å². The monoisotopic (exact) mass is 322 g/mol. The van der Waals surface area contributed by atoms with Crippen molar-refractivity contribution in [1.29, 1.82) is 0 Å². The van der Waals surface area contributed by atoms with E-state index in [4.69, 9.17) is 0 Å². The molecule has 0 unspecified atom stereocenters. The second kappa shape index (κ2) is 5.81. The summed E-state index contributed by atoms with van der Waals surface area (Å²) in [5.74, 6) is 1.45. The third kappa shape index (κ3) is 2.88. The van der Waals surface area contributed by atoms with Crippen molar-refractivity contribution in [2.24, 2.45) is 0 Å². The van der Waals surface area contributed by atoms with E-state index < -0.39 is 0 Å². The van der Waals surface area contributed by atoms with Crippen molar-refractivity contribution in [3.05, 3.63) is 54.2 Å². The van der Waals surface area contributed by atoms with Crippen molar-refractivity contribution in [3.8, 4) is 17.1 Å². The number of rotatable bonds is 4. The molecular weight excluding hydrogens is 304 g/mol. The minimum Gasteiger partial charge on any atom is -0.306 e. The van der Waals surface area contributed by atoms with Crippen LogP contribution in [-0.2, 0) is 0 Å². The first-order valence-corrected chi connectivity index (χ1v) is 8.99. The summed E-state index contributed by atoms with van der Waals surface area (Å²) in [5, 5.41) is 0.986. The molecule has 5 heteroatoms. The number of aryl methyl sites for hydroxylation is 1. The summed E-state index contributed by atoms with van der Waals surface area (Å²) in [4.78, 5) is 13.5. The van der Waals surface area contributed by atoms with Crippen LogP contribution in [0.2, 0.25) is 0 Å². The summed E-state index contributed by atoms with van der Waals surface area (Å²) in [6.07, 6.45) is 10.5. The molecule has 0 spiro atoms. The van der Waals surface area contributed by atoms with E-state index in [1.54, 1.807) is 11.8 Å². The minimum absolute atomic E-state index is 0.679. The van der Waals surface area contributed by atoms with Crippen molar-refractivity contribution in [2.45, 2.75) is 30.7 Å². The van der Waals surface area contributed by atoms with Gasteiger partial charge in [0, 0.05) is 29.6 Å². The quantitative estimate of drug-likeness (QED) is 0.532. The van der Waals surface area contributed by atoms with Crippen molar-refractivity contribution in [3.63, 3.8) is 0 Å². The Morgan fingerprint density at radius 3 is 2.78 bits per heavy atom. The highest BCUT2D eigenvalue weighted by atomic mass is 32.2. The molecule has 116 valence electrons. The topological polar surface area (TPSA) is 43.6 Å². The molecule has 0 atom stereocenters. The first-order chi connectivity index (χ1) is 11.2. The molecule has 0 aliphatic heterocycles. The number of imidazole rings is 1. The molecule has 4 nitrogen and oxygen atoms in total. The Hall–Kier alpha value is -2.14. The van der Waals surface area contributed by atoms with Gasteiger partial charge in [-0.25, -0.2) is 15.0 Å². The fourth-order valence-electron chi connectivity index (χ4n) is 2.74. The van der Waals surface area contributed by atoms with Crippen LogP contribution in [0.15, 0.2) is 48.0 Å². The molecule has 2 heterocycles. The van der Waals surface area contributed by atoms with Gasteiger partial charge in [-0.1, -0.05) is 0 Å². The summed E-state index contributed by atoms with van der Waals surface area (Å²) in [5.41, 5.74) is 4.61. The number of nitrogens with zero attached hydrogens (tertiary/aromatic N) is 4. The highest BCUT2D eigenvalue weighted by molar-refractivity contribution is 7.98. The van der Waals surface area contributed by atoms with E-state index in [0.717, 1.165) is 22.1 Å². The molecule has 1 fully saturated rings. The average Bonchev–Trinajstić information content (AvgIpc) is 3.33. The molecule has 0 radical (unpaired) electrons. The maximum Gasteiger partial charge on any atom is 0.160 e. The Labute approximate surface area is 140 Å². The van der Waals surface area contributed by atoms with Gasteiger partial charge in [-0.15, -0.1) is 11.8 Å². The SMILES string of the molecule is CSc1ccnc(-c2ccc(-n3cnc(C4CC4)c3)c(C)c2)n1. The molecular formula is C18H18N4S. The number of hydrogen-bond acceptors (Lipinski definition) is 4. The number of benzene rings is 1. The molecule has 0 amide bonds. The molecule has 0 saturated heterocycles. The lowest BCUT2D eigenvalue weighted by atomic mass is 10.1. The first kappa shape index (κ1) is 14.5. The zero-order valence-corrected chi connectivity index (χ0v) is 14.0. The summed E-state index contributed by atoms with van der Waals surface area (Å²) in [7, 11) is 0. The number of aromatic nitrogens is 4. The lowest BCUT2D eigenvalue weighted by Crippen LogP contribution is -1.96. The number of hydrogen-bond donors (Lipinski definition) is 0. The smallest absolute Gasteiger partial charge is 0.160 e. The van der Waals surface area contributed by atoms with Crippen LogP contribution in [0.1, 0.15) is 30.0 Å². The van der Waals surface area contributed by atoms with Gasteiger partial charge in [-0.05, 0) is 55.9 Å². The zero-order valence-electron chi connectivity index (χ0n) is 13.2. The molecule has 0 N–H and O–H groups in total. The van der Waals surface area contributed by atoms with Crippen LogP contribution < -0.4 is 0 Å². The predicted molar refractivity (Wildman–Crippen MR) is 93.1 cm³/mol. The summed E-state index contributed by atoms with van der Waals surface area (Å²) >= 11 is 1.63. The average molecular weight is 322 g/mol. The van der Waals surface area contributed by atoms with E-state index in [0.29, 0.717) is 5.92 Å². The number of thioether (sulfide) groups is 1. The standard InChI is InChI=1S/C18H18N4S/c1-12-9-14(18-19-8-7-17(21-18)23-2)5-6-16(12)22-10-15(20-11-22)13-3-4-13/h5-11,13H,3-4H2,1-2H3. The molecule has 1 saturated carbocycles. The third-order valence-electron chi connectivity index (χ3n) is 4.17. The normalized spacial score (nSPS) is 14.2. The molecule has 3 aromatic rings. The van der Waals surface area contributed by atoms with E-state index >= 15 is 0 Å². The van der Waals surface area contributed by atoms with Crippen LogP contribution in [0.5, 0.6) is 0 Å². The molecule has 0 bridgehead atoms. The minimum atomic E-state index is 0.679. The molecule has 1 aliphatic rings. The first-order valence-electron chi connectivity index (χ1n) is 7.77. The van der Waals surface area contributed by atoms with Crippen molar-refractivity contribution >= 4 is 11.8 Å². The molecule has 1 aliphatic carbocycles. The van der Waals surface area contributed by atoms with Gasteiger partial charge in [0.25, 0.3) is 0 Å². The lowest BCUT2D eigenvalue weighted by molar-refractivity contribution is 1.03. The van der Waals surface area contributed by atoms with Crippen LogP contribution in [0.25, 0.3) is 17.1 Å². The Balaban J connectivity index is 1.68. The highest BCUT2D eigenvalue weighted by Crippen LogP contribution is 2.39. The van der Waals surface area contributed by atoms with Crippen molar-refractivity contribution < 1.29 is 0 Å². The Kier molecular flexibility index (Phi) is 3.65. The van der Waals surface area contributed by atoms with Gasteiger partial charge in [0.1, 0.15) is 0 Å². The van der Waals surface area contributed by atoms with Crippen molar-refractivity contribution in [2.75, 3.05) is 6.26 Å². The van der Waals surface area contributed by atoms with Gasteiger partial charge in [-0.2, -0.15) is 0 Å². The van der Waals surface area contributed by atoms with E-state index in [9.17, 15) is 0 Å². The van der Waals surface area contributed by atoms with Crippen LogP contribution in [0.3, 0.4) is 0 Å². The third-order valence-corrected chi connectivity index (χ3v) is 4.82. The second-order valence-corrected chi connectivity index (χ2v) is 6.73. The van der Waals surface area contributed by atoms with Gasteiger partial charge in [0.2, 0.25) is 0 Å². The van der Waals surface area contributed by atoms with Gasteiger partial charge in [0.15, 0.2) is 5.82 Å². The fourth-order valence-corrected chi connectivity index (χ4v) is 3.11. The molecule has 23 heavy (non-hydrogen) atoms. The van der Waals surface area contributed by atoms with Gasteiger partial charge in [-0.3, -0.25) is 0 Å². The van der Waals surface area contributed by atoms with Crippen molar-refractivity contribution in [1.82, 2.24) is 19.5 Å². The van der Waals surface area contributed by atoms with E-state index in [1.165, 1.54) is 24.1 Å². The second-order valence-electron chi connectivity index (χ2n) is 5.90. The van der Waals surface area contributed by atoms with Crippen LogP contribution in [-0.4, -0.2) is 25.8 Å². The van der Waals surface area contributed by atoms with Gasteiger partial charge in [0.05, 0.1) is 17.0 Å². The summed E-state index contributed by atoms with van der Waals surface area (Å²) in [6.45, 7) is 2.12. The van der Waals surface area contributed by atoms with E-state index in [2.05, 4.69) is 50.8 Å². The molecule has 1 aromatic carbocycles. The largest absolute Gasteiger partial charge is 0.306 e. The van der Waals surface area contributed by atoms with E-state index in [1.807, 2.05) is 24.8 Å². The van der Waals surface area contributed by atoms with E-state index in [-0.39, 0.29) is 0 Å². The lowest BCUT2D eigenvalue weighted by Gasteiger charge is -2.09.